The van der Waals surface area contributed by atoms with E-state index in [9.17, 15) is 10.2 Å². The van der Waals surface area contributed by atoms with E-state index in [4.69, 9.17) is 4.74 Å². The number of hydrogen-bond acceptors (Lipinski definition) is 3. The molecule has 3 heteroatoms. The largest absolute Gasteiger partial charge is 0.366 e. The molecule has 9 atom stereocenters. The first-order chi connectivity index (χ1) is 14.3. The van der Waals surface area contributed by atoms with Gasteiger partial charge in [0.2, 0.25) is 0 Å². The number of hydrogen-bond donors (Lipinski definition) is 2. The average Bonchev–Trinajstić information content (AvgIpc) is 2.93. The number of aliphatic hydroxyl groups is 2. The van der Waals surface area contributed by atoms with Gasteiger partial charge in [-0.3, -0.25) is 0 Å². The van der Waals surface area contributed by atoms with Gasteiger partial charge in [0, 0.05) is 18.3 Å². The predicted molar refractivity (Wildman–Crippen MR) is 126 cm³/mol. The first kappa shape index (κ1) is 24.0. The highest BCUT2D eigenvalue weighted by Gasteiger charge is 2.70. The molecule has 0 bridgehead atoms. The molecule has 4 rings (SSSR count). The van der Waals surface area contributed by atoms with Crippen LogP contribution in [0.15, 0.2) is 0 Å². The molecule has 2 unspecified atom stereocenters. The first-order valence-electron chi connectivity index (χ1n) is 13.4. The molecular weight excluding hydrogens is 384 g/mol. The molecule has 31 heavy (non-hydrogen) atoms. The van der Waals surface area contributed by atoms with Crippen molar-refractivity contribution in [1.82, 2.24) is 0 Å². The summed E-state index contributed by atoms with van der Waals surface area (Å²) in [6.07, 6.45) is 12.5. The highest BCUT2D eigenvalue weighted by molar-refractivity contribution is 5.16. The van der Waals surface area contributed by atoms with Gasteiger partial charge in [-0.2, -0.15) is 0 Å². The fourth-order valence-corrected chi connectivity index (χ4v) is 9.29. The minimum absolute atomic E-state index is 0.247. The van der Waals surface area contributed by atoms with Crippen molar-refractivity contribution in [2.75, 3.05) is 0 Å². The standard InChI is InChI=1S/C28H50O3/c1-19(2)9-8-10-20(3)21-11-14-25(5)22-13-16-28(30)26(6,17-18-27(7,29)31-28)23(22)12-15-24(21,25)4/h19-23,29-30H,8-18H2,1-7H3/t20-,21-,22-,23+,24-,25+,26-,27?,28?/m1/s1. The lowest BCUT2D eigenvalue weighted by atomic mass is 9.41. The summed E-state index contributed by atoms with van der Waals surface area (Å²) < 4.78 is 6.02. The van der Waals surface area contributed by atoms with E-state index in [1.165, 1.54) is 44.9 Å². The van der Waals surface area contributed by atoms with E-state index >= 15 is 0 Å². The van der Waals surface area contributed by atoms with Gasteiger partial charge in [-0.25, -0.2) is 0 Å². The summed E-state index contributed by atoms with van der Waals surface area (Å²) in [7, 11) is 0. The van der Waals surface area contributed by atoms with E-state index in [-0.39, 0.29) is 5.41 Å². The van der Waals surface area contributed by atoms with Gasteiger partial charge in [0.05, 0.1) is 0 Å². The summed E-state index contributed by atoms with van der Waals surface area (Å²) in [6.45, 7) is 16.5. The third kappa shape index (κ3) is 3.55. The monoisotopic (exact) mass is 434 g/mol. The molecule has 0 amide bonds. The SMILES string of the molecule is CC(C)CCC[C@@H](C)[C@H]1CC[C@@]2(C)[C@@H]3CCC4(O)OC(C)(O)CC[C@]4(C)[C@H]3CC[C@]12C. The smallest absolute Gasteiger partial charge is 0.174 e. The van der Waals surface area contributed by atoms with Crippen molar-refractivity contribution in [1.29, 1.82) is 0 Å². The summed E-state index contributed by atoms with van der Waals surface area (Å²) in [5.41, 5.74) is 0.527. The van der Waals surface area contributed by atoms with Crippen LogP contribution in [0.5, 0.6) is 0 Å². The van der Waals surface area contributed by atoms with Gasteiger partial charge in [0.15, 0.2) is 11.6 Å². The second-order valence-electron chi connectivity index (χ2n) is 13.6. The second kappa shape index (κ2) is 7.70. The molecule has 0 aromatic carbocycles. The molecule has 3 nitrogen and oxygen atoms in total. The zero-order chi connectivity index (χ0) is 22.9. The van der Waals surface area contributed by atoms with Crippen LogP contribution in [0.3, 0.4) is 0 Å². The molecule has 1 aliphatic heterocycles. The molecule has 1 saturated heterocycles. The molecule has 0 radical (unpaired) electrons. The number of ether oxygens (including phenoxy) is 1. The van der Waals surface area contributed by atoms with Gasteiger partial charge in [-0.05, 0) is 85.9 Å². The maximum atomic E-state index is 11.6. The van der Waals surface area contributed by atoms with Crippen molar-refractivity contribution < 1.29 is 14.9 Å². The summed E-state index contributed by atoms with van der Waals surface area (Å²) in [6, 6.07) is 0. The summed E-state index contributed by atoms with van der Waals surface area (Å²) in [5.74, 6) is 1.24. The van der Waals surface area contributed by atoms with Gasteiger partial charge in [-0.1, -0.05) is 60.8 Å². The molecule has 0 spiro atoms. The highest BCUT2D eigenvalue weighted by Crippen LogP contribution is 2.74. The van der Waals surface area contributed by atoms with E-state index < -0.39 is 11.6 Å². The predicted octanol–water partition coefficient (Wildman–Crippen LogP) is 6.91. The lowest BCUT2D eigenvalue weighted by Gasteiger charge is -2.67. The van der Waals surface area contributed by atoms with Gasteiger partial charge in [0.1, 0.15) is 0 Å². The van der Waals surface area contributed by atoms with Gasteiger partial charge in [0.25, 0.3) is 0 Å². The minimum atomic E-state index is -1.20. The van der Waals surface area contributed by atoms with E-state index in [1.807, 2.05) is 0 Å². The van der Waals surface area contributed by atoms with Crippen LogP contribution in [0, 0.1) is 45.8 Å². The van der Waals surface area contributed by atoms with Gasteiger partial charge < -0.3 is 14.9 Å². The van der Waals surface area contributed by atoms with Crippen LogP contribution >= 0.6 is 0 Å². The van der Waals surface area contributed by atoms with Crippen molar-refractivity contribution in [3.8, 4) is 0 Å². The minimum Gasteiger partial charge on any atom is -0.366 e. The Morgan fingerprint density at radius 2 is 1.35 bits per heavy atom. The Bertz CT molecular complexity index is 673. The number of fused-ring (bicyclic) bond motifs is 5. The topological polar surface area (TPSA) is 49.7 Å². The number of rotatable bonds is 5. The highest BCUT2D eigenvalue weighted by atomic mass is 16.7. The summed E-state index contributed by atoms with van der Waals surface area (Å²) in [5, 5.41) is 22.2. The average molecular weight is 435 g/mol. The van der Waals surface area contributed by atoms with Crippen LogP contribution in [-0.4, -0.2) is 21.8 Å². The van der Waals surface area contributed by atoms with Crippen LogP contribution in [0.1, 0.15) is 119 Å². The Kier molecular flexibility index (Phi) is 5.97. The van der Waals surface area contributed by atoms with Crippen LogP contribution in [0.4, 0.5) is 0 Å². The van der Waals surface area contributed by atoms with Crippen molar-refractivity contribution in [3.63, 3.8) is 0 Å². The van der Waals surface area contributed by atoms with Crippen molar-refractivity contribution in [2.45, 2.75) is 131 Å². The van der Waals surface area contributed by atoms with E-state index in [0.717, 1.165) is 30.6 Å². The molecule has 0 aromatic heterocycles. The second-order valence-corrected chi connectivity index (χ2v) is 13.6. The van der Waals surface area contributed by atoms with Crippen molar-refractivity contribution in [2.24, 2.45) is 45.8 Å². The van der Waals surface area contributed by atoms with Crippen LogP contribution < -0.4 is 0 Å². The maximum absolute atomic E-state index is 11.6. The Morgan fingerprint density at radius 3 is 2.03 bits per heavy atom. The van der Waals surface area contributed by atoms with Gasteiger partial charge >= 0.3 is 0 Å². The Hall–Kier alpha value is -0.120. The third-order valence-corrected chi connectivity index (χ3v) is 11.5. The van der Waals surface area contributed by atoms with E-state index in [2.05, 4.69) is 41.5 Å². The van der Waals surface area contributed by atoms with E-state index in [1.54, 1.807) is 6.92 Å². The van der Waals surface area contributed by atoms with Crippen LogP contribution in [0.25, 0.3) is 0 Å². The Balaban J connectivity index is 1.56. The van der Waals surface area contributed by atoms with Gasteiger partial charge in [-0.15, -0.1) is 0 Å². The van der Waals surface area contributed by atoms with E-state index in [0.29, 0.717) is 35.5 Å². The fraction of sp³-hybridized carbons (Fsp3) is 1.00. The molecule has 1 heterocycles. The zero-order valence-corrected chi connectivity index (χ0v) is 21.5. The molecule has 3 aliphatic carbocycles. The normalized spacial score (nSPS) is 53.0. The molecule has 4 fully saturated rings. The fourth-order valence-electron chi connectivity index (χ4n) is 9.29. The maximum Gasteiger partial charge on any atom is 0.174 e. The van der Waals surface area contributed by atoms with Crippen LogP contribution in [-0.2, 0) is 4.74 Å². The summed E-state index contributed by atoms with van der Waals surface area (Å²) in [4.78, 5) is 0. The Labute approximate surface area is 191 Å². The van der Waals surface area contributed by atoms with Crippen molar-refractivity contribution >= 4 is 0 Å². The quantitative estimate of drug-likeness (QED) is 0.494. The van der Waals surface area contributed by atoms with Crippen LogP contribution in [0.2, 0.25) is 0 Å². The van der Waals surface area contributed by atoms with Crippen molar-refractivity contribution in [3.05, 3.63) is 0 Å². The molecule has 2 N–H and O–H groups in total. The zero-order valence-electron chi connectivity index (χ0n) is 21.5. The third-order valence-electron chi connectivity index (χ3n) is 11.5. The molecule has 4 aliphatic rings. The lowest BCUT2D eigenvalue weighted by Crippen LogP contribution is -2.67. The Morgan fingerprint density at radius 1 is 0.742 bits per heavy atom. The first-order valence-corrected chi connectivity index (χ1v) is 13.4. The molecule has 3 saturated carbocycles. The molecule has 0 aromatic rings. The lowest BCUT2D eigenvalue weighted by molar-refractivity contribution is -0.418. The molecular formula is C28H50O3. The summed E-state index contributed by atoms with van der Waals surface area (Å²) >= 11 is 0. The molecule has 180 valence electrons.